The second kappa shape index (κ2) is 10.7. The average Bonchev–Trinajstić information content (AvgIpc) is 3.10. The fourth-order valence-electron chi connectivity index (χ4n) is 3.87. The summed E-state index contributed by atoms with van der Waals surface area (Å²) < 4.78 is 5.54. The number of nitrogens with two attached hydrogens (primary N) is 1. The molecule has 0 bridgehead atoms. The summed E-state index contributed by atoms with van der Waals surface area (Å²) in [5.41, 5.74) is 7.92. The Labute approximate surface area is 196 Å². The normalized spacial score (nSPS) is 23.1. The largest absolute Gasteiger partial charge is 0.478 e. The van der Waals surface area contributed by atoms with Crippen LogP contribution in [0.1, 0.15) is 35.7 Å². The highest BCUT2D eigenvalue weighted by atomic mass is 35.5. The number of aliphatic imine (C=N–C) groups is 1. The van der Waals surface area contributed by atoms with E-state index in [1.807, 2.05) is 6.92 Å². The van der Waals surface area contributed by atoms with Gasteiger partial charge in [-0.3, -0.25) is 9.59 Å². The number of likely N-dealkylation sites (tertiary alicyclic amines) is 1. The topological polar surface area (TPSA) is 134 Å². The first-order valence-corrected chi connectivity index (χ1v) is 11.0. The molecule has 0 radical (unpaired) electrons. The highest BCUT2D eigenvalue weighted by Crippen LogP contribution is 2.25. The highest BCUT2D eigenvalue weighted by molar-refractivity contribution is 6.45. The number of rotatable bonds is 7. The maximum Gasteiger partial charge on any atom is 0.335 e. The van der Waals surface area contributed by atoms with Crippen molar-refractivity contribution in [2.75, 3.05) is 20.2 Å². The number of halogens is 1. The Bertz CT molecular complexity index is 1020. The van der Waals surface area contributed by atoms with Crippen LogP contribution in [0.4, 0.5) is 0 Å². The van der Waals surface area contributed by atoms with Gasteiger partial charge in [0.15, 0.2) is 0 Å². The summed E-state index contributed by atoms with van der Waals surface area (Å²) in [5, 5.41) is 12.2. The van der Waals surface area contributed by atoms with Crippen LogP contribution in [-0.2, 0) is 14.3 Å². The van der Waals surface area contributed by atoms with Crippen molar-refractivity contribution in [1.82, 2.24) is 10.2 Å². The number of nitrogens with zero attached hydrogens (tertiary/aromatic N) is 2. The van der Waals surface area contributed by atoms with Crippen LogP contribution in [0.5, 0.6) is 0 Å². The third-order valence-electron chi connectivity index (χ3n) is 5.83. The van der Waals surface area contributed by atoms with Gasteiger partial charge in [-0.25, -0.2) is 9.79 Å². The molecular formula is C23H27ClN4O5. The van der Waals surface area contributed by atoms with Crippen LogP contribution in [0, 0.1) is 0 Å². The number of benzene rings is 1. The van der Waals surface area contributed by atoms with E-state index >= 15 is 0 Å². The predicted molar refractivity (Wildman–Crippen MR) is 125 cm³/mol. The van der Waals surface area contributed by atoms with Crippen LogP contribution in [0.15, 0.2) is 46.1 Å². The number of aromatic carboxylic acids is 1. The zero-order valence-corrected chi connectivity index (χ0v) is 19.2. The molecule has 2 heterocycles. The molecule has 1 saturated heterocycles. The van der Waals surface area contributed by atoms with Gasteiger partial charge in [0.2, 0.25) is 5.91 Å². The van der Waals surface area contributed by atoms with Gasteiger partial charge in [0.05, 0.1) is 23.8 Å². The quantitative estimate of drug-likeness (QED) is 0.407. The van der Waals surface area contributed by atoms with Gasteiger partial charge >= 0.3 is 5.97 Å². The summed E-state index contributed by atoms with van der Waals surface area (Å²) in [5.74, 6) is -1.59. The van der Waals surface area contributed by atoms with E-state index in [0.29, 0.717) is 31.5 Å². The van der Waals surface area contributed by atoms with Crippen molar-refractivity contribution >= 4 is 41.2 Å². The molecule has 4 N–H and O–H groups in total. The molecular weight excluding hydrogens is 448 g/mol. The summed E-state index contributed by atoms with van der Waals surface area (Å²) in [4.78, 5) is 42.1. The first kappa shape index (κ1) is 24.6. The Kier molecular flexibility index (Phi) is 8.01. The van der Waals surface area contributed by atoms with Gasteiger partial charge in [-0.2, -0.15) is 0 Å². The summed E-state index contributed by atoms with van der Waals surface area (Å²) in [6.45, 7) is 2.64. The third kappa shape index (κ3) is 5.68. The second-order valence-corrected chi connectivity index (χ2v) is 8.19. The van der Waals surface area contributed by atoms with E-state index in [1.165, 1.54) is 25.3 Å². The standard InChI is InChI=1S/C23H27ClN4O5/c1-3-15-19(25)20(27-21(15)24)22(30)26-16-10-11-28(12-17(16)33-2)18(29)9-6-13-4-7-14(8-5-13)23(31)32/h4-9,16-17,19H,3,10-12,25H2,1-2H3,(H,26,30)(H,31,32)/b9-6+/t16?,17-,19?/m0/s1. The number of carbonyl (C=O) groups excluding carboxylic acids is 2. The molecule has 2 aliphatic rings. The first-order chi connectivity index (χ1) is 15.7. The van der Waals surface area contributed by atoms with Gasteiger partial charge in [-0.15, -0.1) is 0 Å². The number of hydrogen-bond donors (Lipinski definition) is 3. The lowest BCUT2D eigenvalue weighted by Crippen LogP contribution is -2.57. The van der Waals surface area contributed by atoms with Crippen LogP contribution in [0.2, 0.25) is 0 Å². The van der Waals surface area contributed by atoms with Crippen LogP contribution in [-0.4, -0.2) is 71.9 Å². The number of ether oxygens (including phenoxy) is 1. The molecule has 33 heavy (non-hydrogen) atoms. The Morgan fingerprint density at radius 2 is 2.03 bits per heavy atom. The molecule has 0 spiro atoms. The van der Waals surface area contributed by atoms with Crippen LogP contribution < -0.4 is 11.1 Å². The monoisotopic (exact) mass is 474 g/mol. The van der Waals surface area contributed by atoms with Gasteiger partial charge in [-0.1, -0.05) is 30.7 Å². The molecule has 3 rings (SSSR count). The van der Waals surface area contributed by atoms with Crippen molar-refractivity contribution in [3.05, 3.63) is 52.2 Å². The molecule has 2 unspecified atom stereocenters. The number of carboxylic acids is 1. The number of nitrogens with one attached hydrogen (secondary N) is 1. The van der Waals surface area contributed by atoms with Crippen LogP contribution in [0.25, 0.3) is 6.08 Å². The van der Waals surface area contributed by atoms with Gasteiger partial charge in [0.1, 0.15) is 10.9 Å². The van der Waals surface area contributed by atoms with Crippen molar-refractivity contribution in [1.29, 1.82) is 0 Å². The summed E-state index contributed by atoms with van der Waals surface area (Å²) in [7, 11) is 1.53. The van der Waals surface area contributed by atoms with E-state index in [-0.39, 0.29) is 34.3 Å². The van der Waals surface area contributed by atoms with E-state index in [0.717, 1.165) is 5.57 Å². The van der Waals surface area contributed by atoms with Crippen molar-refractivity contribution in [3.63, 3.8) is 0 Å². The Morgan fingerprint density at radius 3 is 2.61 bits per heavy atom. The Balaban J connectivity index is 1.58. The predicted octanol–water partition coefficient (Wildman–Crippen LogP) is 1.77. The van der Waals surface area contributed by atoms with E-state index < -0.39 is 18.1 Å². The van der Waals surface area contributed by atoms with Gasteiger partial charge in [-0.05, 0) is 42.2 Å². The zero-order chi connectivity index (χ0) is 24.1. The molecule has 3 atom stereocenters. The fraction of sp³-hybridized carbons (Fsp3) is 0.391. The SMILES string of the molecule is CCC1=C(Cl)N=C(C(=O)NC2CCN(C(=O)/C=C/c3ccc(C(=O)O)cc3)C[C@@H]2OC)C1N. The number of amides is 2. The molecule has 1 aromatic carbocycles. The highest BCUT2D eigenvalue weighted by Gasteiger charge is 2.35. The lowest BCUT2D eigenvalue weighted by atomic mass is 9.99. The number of methoxy groups -OCH3 is 1. The molecule has 0 aromatic heterocycles. The molecule has 9 nitrogen and oxygen atoms in total. The van der Waals surface area contributed by atoms with Crippen molar-refractivity contribution in [2.24, 2.45) is 10.7 Å². The summed E-state index contributed by atoms with van der Waals surface area (Å²) in [6, 6.07) is 5.30. The van der Waals surface area contributed by atoms with E-state index in [9.17, 15) is 14.4 Å². The molecule has 1 fully saturated rings. The Hall–Kier alpha value is -3.01. The average molecular weight is 475 g/mol. The van der Waals surface area contributed by atoms with E-state index in [1.54, 1.807) is 23.1 Å². The van der Waals surface area contributed by atoms with Crippen LogP contribution >= 0.6 is 11.6 Å². The maximum atomic E-state index is 12.7. The third-order valence-corrected chi connectivity index (χ3v) is 6.16. The van der Waals surface area contributed by atoms with Crippen molar-refractivity contribution < 1.29 is 24.2 Å². The minimum absolute atomic E-state index is 0.180. The molecule has 10 heteroatoms. The van der Waals surface area contributed by atoms with Gasteiger partial charge < -0.3 is 25.8 Å². The zero-order valence-electron chi connectivity index (χ0n) is 18.5. The summed E-state index contributed by atoms with van der Waals surface area (Å²) in [6.07, 6.45) is 3.78. The van der Waals surface area contributed by atoms with Gasteiger partial charge in [0, 0.05) is 26.3 Å². The number of piperidine rings is 1. The molecule has 2 aliphatic heterocycles. The molecule has 2 amide bonds. The lowest BCUT2D eigenvalue weighted by Gasteiger charge is -2.37. The molecule has 1 aromatic rings. The molecule has 0 aliphatic carbocycles. The van der Waals surface area contributed by atoms with Gasteiger partial charge in [0.25, 0.3) is 5.91 Å². The molecule has 0 saturated carbocycles. The lowest BCUT2D eigenvalue weighted by molar-refractivity contribution is -0.130. The minimum Gasteiger partial charge on any atom is -0.478 e. The number of carboxylic acid groups (broad SMARTS) is 1. The first-order valence-electron chi connectivity index (χ1n) is 10.6. The van der Waals surface area contributed by atoms with E-state index in [2.05, 4.69) is 10.3 Å². The number of carbonyl (C=O) groups is 3. The maximum absolute atomic E-state index is 12.7. The minimum atomic E-state index is -1.01. The summed E-state index contributed by atoms with van der Waals surface area (Å²) >= 11 is 6.09. The van der Waals surface area contributed by atoms with Crippen LogP contribution in [0.3, 0.4) is 0 Å². The Morgan fingerprint density at radius 1 is 1.33 bits per heavy atom. The number of hydrogen-bond acceptors (Lipinski definition) is 6. The van der Waals surface area contributed by atoms with Crippen molar-refractivity contribution in [3.8, 4) is 0 Å². The molecule has 176 valence electrons. The van der Waals surface area contributed by atoms with E-state index in [4.69, 9.17) is 27.2 Å². The smallest absolute Gasteiger partial charge is 0.335 e. The second-order valence-electron chi connectivity index (χ2n) is 7.83. The fourth-order valence-corrected chi connectivity index (χ4v) is 4.21. The van der Waals surface area contributed by atoms with Crippen molar-refractivity contribution in [2.45, 2.75) is 38.0 Å².